The number of halogens is 1. The van der Waals surface area contributed by atoms with E-state index in [0.29, 0.717) is 11.3 Å². The summed E-state index contributed by atoms with van der Waals surface area (Å²) in [5, 5.41) is 3.65. The van der Waals surface area contributed by atoms with Crippen LogP contribution in [0.4, 0.5) is 4.39 Å². The van der Waals surface area contributed by atoms with Gasteiger partial charge in [0.05, 0.1) is 0 Å². The molecule has 0 aromatic heterocycles. The van der Waals surface area contributed by atoms with E-state index in [-0.39, 0.29) is 5.82 Å². The molecule has 0 radical (unpaired) electrons. The van der Waals surface area contributed by atoms with E-state index in [1.54, 1.807) is 12.1 Å². The van der Waals surface area contributed by atoms with Crippen molar-refractivity contribution >= 4 is 0 Å². The van der Waals surface area contributed by atoms with Gasteiger partial charge in [-0.1, -0.05) is 32.9 Å². The molecule has 1 aliphatic carbocycles. The lowest BCUT2D eigenvalue weighted by atomic mass is 9.84. The van der Waals surface area contributed by atoms with Crippen molar-refractivity contribution in [2.75, 3.05) is 6.54 Å². The topological polar surface area (TPSA) is 12.0 Å². The number of hydrogen-bond acceptors (Lipinski definition) is 1. The second-order valence-electron chi connectivity index (χ2n) is 7.48. The Morgan fingerprint density at radius 2 is 1.85 bits per heavy atom. The van der Waals surface area contributed by atoms with Gasteiger partial charge >= 0.3 is 0 Å². The molecule has 1 atom stereocenters. The third-order valence-corrected chi connectivity index (χ3v) is 4.01. The first-order valence-electron chi connectivity index (χ1n) is 7.90. The van der Waals surface area contributed by atoms with E-state index in [2.05, 4.69) is 26.1 Å². The Labute approximate surface area is 123 Å². The zero-order valence-corrected chi connectivity index (χ0v) is 13.1. The summed E-state index contributed by atoms with van der Waals surface area (Å²) in [7, 11) is 0. The molecule has 0 heterocycles. The van der Waals surface area contributed by atoms with Crippen molar-refractivity contribution in [1.82, 2.24) is 5.32 Å². The van der Waals surface area contributed by atoms with Gasteiger partial charge in [0.25, 0.3) is 0 Å². The van der Waals surface area contributed by atoms with E-state index in [1.165, 1.54) is 31.2 Å². The third kappa shape index (κ3) is 6.04. The quantitative estimate of drug-likeness (QED) is 0.770. The van der Waals surface area contributed by atoms with E-state index in [9.17, 15) is 4.39 Å². The first-order valence-corrected chi connectivity index (χ1v) is 7.90. The lowest BCUT2D eigenvalue weighted by Crippen LogP contribution is -2.27. The molecule has 1 unspecified atom stereocenters. The van der Waals surface area contributed by atoms with E-state index >= 15 is 0 Å². The van der Waals surface area contributed by atoms with Crippen LogP contribution < -0.4 is 5.32 Å². The molecule has 1 N–H and O–H groups in total. The standard InChI is InChI=1S/C18H28FN/c1-18(2,3)11-10-15(13-20-17-8-9-17)12-14-4-6-16(19)7-5-14/h4-7,15,17,20H,8-13H2,1-3H3. The fraction of sp³-hybridized carbons (Fsp3) is 0.667. The van der Waals surface area contributed by atoms with Crippen LogP contribution in [0.2, 0.25) is 0 Å². The number of rotatable bonds is 7. The monoisotopic (exact) mass is 277 g/mol. The van der Waals surface area contributed by atoms with Crippen molar-refractivity contribution in [3.05, 3.63) is 35.6 Å². The van der Waals surface area contributed by atoms with Gasteiger partial charge in [-0.15, -0.1) is 0 Å². The highest BCUT2D eigenvalue weighted by molar-refractivity contribution is 5.16. The first-order chi connectivity index (χ1) is 9.42. The zero-order valence-electron chi connectivity index (χ0n) is 13.1. The number of benzene rings is 1. The van der Waals surface area contributed by atoms with Gasteiger partial charge in [-0.3, -0.25) is 0 Å². The second kappa shape index (κ2) is 6.71. The van der Waals surface area contributed by atoms with Crippen molar-refractivity contribution in [3.63, 3.8) is 0 Å². The van der Waals surface area contributed by atoms with Crippen LogP contribution in [0.25, 0.3) is 0 Å². The Kier molecular flexibility index (Phi) is 5.20. The first kappa shape index (κ1) is 15.5. The molecule has 1 aromatic rings. The Morgan fingerprint density at radius 1 is 1.20 bits per heavy atom. The Bertz CT molecular complexity index is 400. The molecule has 0 bridgehead atoms. The minimum absolute atomic E-state index is 0.143. The summed E-state index contributed by atoms with van der Waals surface area (Å²) in [5.41, 5.74) is 1.64. The van der Waals surface area contributed by atoms with Crippen LogP contribution in [0.15, 0.2) is 24.3 Å². The van der Waals surface area contributed by atoms with Crippen molar-refractivity contribution in [3.8, 4) is 0 Å². The van der Waals surface area contributed by atoms with Gasteiger partial charge in [-0.2, -0.15) is 0 Å². The lowest BCUT2D eigenvalue weighted by molar-refractivity contribution is 0.313. The molecule has 112 valence electrons. The van der Waals surface area contributed by atoms with Crippen LogP contribution in [0.3, 0.4) is 0 Å². The largest absolute Gasteiger partial charge is 0.314 e. The molecule has 1 aromatic carbocycles. The maximum atomic E-state index is 13.0. The highest BCUT2D eigenvalue weighted by Gasteiger charge is 2.23. The van der Waals surface area contributed by atoms with Crippen LogP contribution in [-0.4, -0.2) is 12.6 Å². The summed E-state index contributed by atoms with van der Waals surface area (Å²) in [4.78, 5) is 0. The minimum atomic E-state index is -0.143. The van der Waals surface area contributed by atoms with E-state index in [4.69, 9.17) is 0 Å². The summed E-state index contributed by atoms with van der Waals surface area (Å²) in [5.74, 6) is 0.511. The van der Waals surface area contributed by atoms with Gasteiger partial charge in [-0.25, -0.2) is 4.39 Å². The minimum Gasteiger partial charge on any atom is -0.314 e. The van der Waals surface area contributed by atoms with Gasteiger partial charge in [0.2, 0.25) is 0 Å². The predicted octanol–water partition coefficient (Wildman–Crippen LogP) is 4.56. The third-order valence-electron chi connectivity index (χ3n) is 4.01. The maximum absolute atomic E-state index is 13.0. The average molecular weight is 277 g/mol. The predicted molar refractivity (Wildman–Crippen MR) is 83.3 cm³/mol. The molecule has 0 amide bonds. The van der Waals surface area contributed by atoms with Crippen molar-refractivity contribution in [1.29, 1.82) is 0 Å². The fourth-order valence-corrected chi connectivity index (χ4v) is 2.49. The molecule has 20 heavy (non-hydrogen) atoms. The molecule has 1 fully saturated rings. The maximum Gasteiger partial charge on any atom is 0.123 e. The van der Waals surface area contributed by atoms with Crippen molar-refractivity contribution in [2.24, 2.45) is 11.3 Å². The summed E-state index contributed by atoms with van der Waals surface area (Å²) >= 11 is 0. The van der Waals surface area contributed by atoms with Crippen LogP contribution in [0.1, 0.15) is 52.0 Å². The summed E-state index contributed by atoms with van der Waals surface area (Å²) in [6, 6.07) is 7.77. The summed E-state index contributed by atoms with van der Waals surface area (Å²) in [6.45, 7) is 8.00. The molecule has 1 aliphatic rings. The molecule has 2 rings (SSSR count). The van der Waals surface area contributed by atoms with Crippen LogP contribution in [-0.2, 0) is 6.42 Å². The lowest BCUT2D eigenvalue weighted by Gasteiger charge is -2.23. The molecular weight excluding hydrogens is 249 g/mol. The summed E-state index contributed by atoms with van der Waals surface area (Å²) < 4.78 is 13.0. The molecule has 0 aliphatic heterocycles. The smallest absolute Gasteiger partial charge is 0.123 e. The second-order valence-corrected chi connectivity index (χ2v) is 7.48. The molecule has 2 heteroatoms. The molecule has 0 spiro atoms. The molecule has 0 saturated heterocycles. The van der Waals surface area contributed by atoms with E-state index in [0.717, 1.165) is 19.0 Å². The summed E-state index contributed by atoms with van der Waals surface area (Å²) in [6.07, 6.45) is 6.20. The average Bonchev–Trinajstić information content (AvgIpc) is 3.18. The van der Waals surface area contributed by atoms with Crippen LogP contribution in [0.5, 0.6) is 0 Å². The van der Waals surface area contributed by atoms with Crippen molar-refractivity contribution < 1.29 is 4.39 Å². The Hall–Kier alpha value is -0.890. The van der Waals surface area contributed by atoms with E-state index < -0.39 is 0 Å². The Balaban J connectivity index is 1.87. The van der Waals surface area contributed by atoms with E-state index in [1.807, 2.05) is 12.1 Å². The molecular formula is C18H28FN. The molecule has 1 saturated carbocycles. The highest BCUT2D eigenvalue weighted by Crippen LogP contribution is 2.26. The van der Waals surface area contributed by atoms with Crippen LogP contribution >= 0.6 is 0 Å². The van der Waals surface area contributed by atoms with Crippen LogP contribution in [0, 0.1) is 17.2 Å². The highest BCUT2D eigenvalue weighted by atomic mass is 19.1. The zero-order chi connectivity index (χ0) is 14.6. The SMILES string of the molecule is CC(C)(C)CCC(CNC1CC1)Cc1ccc(F)cc1. The number of nitrogens with one attached hydrogen (secondary N) is 1. The Morgan fingerprint density at radius 3 is 2.40 bits per heavy atom. The number of hydrogen-bond donors (Lipinski definition) is 1. The normalized spacial score (nSPS) is 17.2. The van der Waals surface area contributed by atoms with Crippen molar-refractivity contribution in [2.45, 2.75) is 58.9 Å². The fourth-order valence-electron chi connectivity index (χ4n) is 2.49. The van der Waals surface area contributed by atoms with Gasteiger partial charge < -0.3 is 5.32 Å². The van der Waals surface area contributed by atoms with Gasteiger partial charge in [0, 0.05) is 6.04 Å². The van der Waals surface area contributed by atoms with Gasteiger partial charge in [0.15, 0.2) is 0 Å². The van der Waals surface area contributed by atoms with Gasteiger partial charge in [0.1, 0.15) is 5.82 Å². The molecule has 1 nitrogen and oxygen atoms in total. The van der Waals surface area contributed by atoms with Gasteiger partial charge in [-0.05, 0) is 67.7 Å².